The molecule has 0 aliphatic heterocycles. The standard InChI is InChI=1S/C16H22N2O2/c1-12(2)20-11-16(19)18-13(3)15-8-4-6-14(10-15)7-5-9-17/h4,6,8,10,12-13H,9,11,17H2,1-3H3,(H,18,19). The average Bonchev–Trinajstić information content (AvgIpc) is 2.43. The van der Waals surface area contributed by atoms with Crippen LogP contribution in [0.5, 0.6) is 0 Å². The number of carbonyl (C=O) groups is 1. The van der Waals surface area contributed by atoms with Gasteiger partial charge in [0.2, 0.25) is 5.91 Å². The molecule has 0 aliphatic rings. The molecule has 0 aromatic heterocycles. The zero-order valence-corrected chi connectivity index (χ0v) is 12.3. The van der Waals surface area contributed by atoms with Crippen LogP contribution in [0, 0.1) is 11.8 Å². The maximum absolute atomic E-state index is 11.7. The molecule has 0 bridgehead atoms. The van der Waals surface area contributed by atoms with Crippen molar-refractivity contribution < 1.29 is 9.53 Å². The van der Waals surface area contributed by atoms with E-state index in [4.69, 9.17) is 10.5 Å². The van der Waals surface area contributed by atoms with E-state index in [0.29, 0.717) is 6.54 Å². The summed E-state index contributed by atoms with van der Waals surface area (Å²) in [6.45, 7) is 6.15. The van der Waals surface area contributed by atoms with E-state index in [1.165, 1.54) is 0 Å². The lowest BCUT2D eigenvalue weighted by atomic mass is 10.1. The van der Waals surface area contributed by atoms with Crippen molar-refractivity contribution in [1.29, 1.82) is 0 Å². The fourth-order valence-corrected chi connectivity index (χ4v) is 1.65. The van der Waals surface area contributed by atoms with Crippen molar-refractivity contribution in [3.8, 4) is 11.8 Å². The molecule has 1 aromatic carbocycles. The second-order valence-corrected chi connectivity index (χ2v) is 4.78. The number of nitrogens with one attached hydrogen (secondary N) is 1. The lowest BCUT2D eigenvalue weighted by Crippen LogP contribution is -2.31. The zero-order chi connectivity index (χ0) is 15.0. The first-order valence-corrected chi connectivity index (χ1v) is 6.72. The van der Waals surface area contributed by atoms with Gasteiger partial charge in [-0.1, -0.05) is 24.0 Å². The van der Waals surface area contributed by atoms with Crippen LogP contribution in [0.4, 0.5) is 0 Å². The normalized spacial score (nSPS) is 11.7. The van der Waals surface area contributed by atoms with Crippen molar-refractivity contribution >= 4 is 5.91 Å². The molecule has 1 atom stereocenters. The number of carbonyl (C=O) groups excluding carboxylic acids is 1. The van der Waals surface area contributed by atoms with E-state index in [1.54, 1.807) is 0 Å². The third kappa shape index (κ3) is 5.87. The van der Waals surface area contributed by atoms with Gasteiger partial charge in [0.1, 0.15) is 6.61 Å². The summed E-state index contributed by atoms with van der Waals surface area (Å²) in [7, 11) is 0. The molecule has 0 fully saturated rings. The van der Waals surface area contributed by atoms with Gasteiger partial charge in [0.25, 0.3) is 0 Å². The van der Waals surface area contributed by atoms with Crippen molar-refractivity contribution in [1.82, 2.24) is 5.32 Å². The van der Waals surface area contributed by atoms with Gasteiger partial charge in [0.15, 0.2) is 0 Å². The molecule has 3 N–H and O–H groups in total. The topological polar surface area (TPSA) is 64.3 Å². The molecule has 20 heavy (non-hydrogen) atoms. The van der Waals surface area contributed by atoms with E-state index in [0.717, 1.165) is 11.1 Å². The largest absolute Gasteiger partial charge is 0.369 e. The van der Waals surface area contributed by atoms with Gasteiger partial charge >= 0.3 is 0 Å². The van der Waals surface area contributed by atoms with Crippen molar-refractivity contribution in [2.45, 2.75) is 32.9 Å². The Morgan fingerprint density at radius 3 is 2.80 bits per heavy atom. The first-order chi connectivity index (χ1) is 9.52. The monoisotopic (exact) mass is 274 g/mol. The molecule has 0 spiro atoms. The van der Waals surface area contributed by atoms with E-state index < -0.39 is 0 Å². The van der Waals surface area contributed by atoms with E-state index in [9.17, 15) is 4.79 Å². The van der Waals surface area contributed by atoms with Gasteiger partial charge in [-0.3, -0.25) is 4.79 Å². The molecular formula is C16H22N2O2. The van der Waals surface area contributed by atoms with Crippen molar-refractivity contribution in [3.63, 3.8) is 0 Å². The van der Waals surface area contributed by atoms with Gasteiger partial charge in [-0.05, 0) is 38.5 Å². The quantitative estimate of drug-likeness (QED) is 0.802. The summed E-state index contributed by atoms with van der Waals surface area (Å²) in [6, 6.07) is 7.67. The summed E-state index contributed by atoms with van der Waals surface area (Å²) in [4.78, 5) is 11.7. The van der Waals surface area contributed by atoms with Crippen LogP contribution in [0.3, 0.4) is 0 Å². The highest BCUT2D eigenvalue weighted by atomic mass is 16.5. The van der Waals surface area contributed by atoms with Crippen LogP contribution in [0.1, 0.15) is 37.9 Å². The Kier molecular flexibility index (Phi) is 6.78. The molecule has 1 unspecified atom stereocenters. The summed E-state index contributed by atoms with van der Waals surface area (Å²) in [5.74, 6) is 5.67. The second-order valence-electron chi connectivity index (χ2n) is 4.78. The highest BCUT2D eigenvalue weighted by Gasteiger charge is 2.10. The van der Waals surface area contributed by atoms with Crippen LogP contribution in [-0.2, 0) is 9.53 Å². The molecule has 108 valence electrons. The number of hydrogen-bond acceptors (Lipinski definition) is 3. The molecule has 1 amide bonds. The van der Waals surface area contributed by atoms with Crippen LogP contribution < -0.4 is 11.1 Å². The maximum atomic E-state index is 11.7. The summed E-state index contributed by atoms with van der Waals surface area (Å²) in [6.07, 6.45) is 0.0471. The Labute approximate surface area is 120 Å². The van der Waals surface area contributed by atoms with Gasteiger partial charge < -0.3 is 15.8 Å². The Bertz CT molecular complexity index is 501. The fourth-order valence-electron chi connectivity index (χ4n) is 1.65. The Hall–Kier alpha value is -1.83. The third-order valence-electron chi connectivity index (χ3n) is 2.65. The zero-order valence-electron chi connectivity index (χ0n) is 12.3. The third-order valence-corrected chi connectivity index (χ3v) is 2.65. The molecule has 1 rings (SSSR count). The molecule has 0 radical (unpaired) electrons. The first-order valence-electron chi connectivity index (χ1n) is 6.72. The highest BCUT2D eigenvalue weighted by Crippen LogP contribution is 2.13. The summed E-state index contributed by atoms with van der Waals surface area (Å²) in [5.41, 5.74) is 7.26. The van der Waals surface area contributed by atoms with E-state index in [-0.39, 0.29) is 24.7 Å². The second kappa shape index (κ2) is 8.36. The van der Waals surface area contributed by atoms with E-state index in [1.807, 2.05) is 45.0 Å². The Balaban J connectivity index is 2.63. The summed E-state index contributed by atoms with van der Waals surface area (Å²) >= 11 is 0. The van der Waals surface area contributed by atoms with E-state index in [2.05, 4.69) is 17.2 Å². The van der Waals surface area contributed by atoms with Gasteiger partial charge in [-0.15, -0.1) is 0 Å². The van der Waals surface area contributed by atoms with Crippen molar-refractivity contribution in [3.05, 3.63) is 35.4 Å². The van der Waals surface area contributed by atoms with Crippen LogP contribution in [-0.4, -0.2) is 25.2 Å². The lowest BCUT2D eigenvalue weighted by Gasteiger charge is -2.15. The molecular weight excluding hydrogens is 252 g/mol. The van der Waals surface area contributed by atoms with Crippen LogP contribution in [0.15, 0.2) is 24.3 Å². The smallest absolute Gasteiger partial charge is 0.246 e. The molecule has 0 heterocycles. The minimum atomic E-state index is -0.121. The fraction of sp³-hybridized carbons (Fsp3) is 0.438. The molecule has 1 aromatic rings. The van der Waals surface area contributed by atoms with Crippen LogP contribution >= 0.6 is 0 Å². The first kappa shape index (κ1) is 16.2. The van der Waals surface area contributed by atoms with Crippen LogP contribution in [0.2, 0.25) is 0 Å². The molecule has 0 saturated carbocycles. The number of amides is 1. The number of ether oxygens (including phenoxy) is 1. The van der Waals surface area contributed by atoms with Gasteiger partial charge in [-0.25, -0.2) is 0 Å². The van der Waals surface area contributed by atoms with Gasteiger partial charge in [0, 0.05) is 5.56 Å². The minimum Gasteiger partial charge on any atom is -0.369 e. The summed E-state index contributed by atoms with van der Waals surface area (Å²) in [5, 5.41) is 2.90. The van der Waals surface area contributed by atoms with Gasteiger partial charge in [-0.2, -0.15) is 0 Å². The number of benzene rings is 1. The average molecular weight is 274 g/mol. The maximum Gasteiger partial charge on any atom is 0.246 e. The predicted molar refractivity (Wildman–Crippen MR) is 80.0 cm³/mol. The highest BCUT2D eigenvalue weighted by molar-refractivity contribution is 5.77. The molecule has 0 aliphatic carbocycles. The number of rotatable bonds is 5. The number of hydrogen-bond donors (Lipinski definition) is 2. The van der Waals surface area contributed by atoms with Gasteiger partial charge in [0.05, 0.1) is 18.7 Å². The SMILES string of the molecule is CC(C)OCC(=O)NC(C)c1cccc(C#CCN)c1. The van der Waals surface area contributed by atoms with Crippen LogP contribution in [0.25, 0.3) is 0 Å². The van der Waals surface area contributed by atoms with Crippen molar-refractivity contribution in [2.75, 3.05) is 13.2 Å². The molecule has 4 nitrogen and oxygen atoms in total. The van der Waals surface area contributed by atoms with E-state index >= 15 is 0 Å². The Morgan fingerprint density at radius 1 is 1.40 bits per heavy atom. The molecule has 4 heteroatoms. The van der Waals surface area contributed by atoms with Crippen molar-refractivity contribution in [2.24, 2.45) is 5.73 Å². The lowest BCUT2D eigenvalue weighted by molar-refractivity contribution is -0.127. The Morgan fingerprint density at radius 2 is 2.15 bits per heavy atom. The predicted octanol–water partition coefficient (Wildman–Crippen LogP) is 1.60. The molecule has 0 saturated heterocycles. The minimum absolute atomic E-state index is 0.0471. The number of nitrogens with two attached hydrogens (primary N) is 1. The summed E-state index contributed by atoms with van der Waals surface area (Å²) < 4.78 is 5.27.